The van der Waals surface area contributed by atoms with Crippen molar-refractivity contribution in [2.24, 2.45) is 0 Å². The number of hydrogen-bond acceptors (Lipinski definition) is 2. The summed E-state index contributed by atoms with van der Waals surface area (Å²) in [4.78, 5) is 22.9. The van der Waals surface area contributed by atoms with E-state index in [1.54, 1.807) is 0 Å². The van der Waals surface area contributed by atoms with Gasteiger partial charge in [0.15, 0.2) is 0 Å². The minimum Gasteiger partial charge on any atom is -0.313 e. The topological polar surface area (TPSA) is 49.4 Å². The second-order valence-electron chi connectivity index (χ2n) is 2.57. The Labute approximate surface area is 59.2 Å². The first-order valence-electron chi connectivity index (χ1n) is 3.21. The normalized spacial score (nSPS) is 18.5. The van der Waals surface area contributed by atoms with Gasteiger partial charge in [0.1, 0.15) is 6.54 Å². The Balaban J connectivity index is 2.63. The van der Waals surface area contributed by atoms with Crippen molar-refractivity contribution in [2.75, 3.05) is 6.54 Å². The lowest BCUT2D eigenvalue weighted by atomic mass is 10.3. The van der Waals surface area contributed by atoms with Crippen LogP contribution in [0.3, 0.4) is 0 Å². The number of nitrogens with one attached hydrogen (secondary N) is 1. The molecular weight excluding hydrogens is 132 g/mol. The second-order valence-corrected chi connectivity index (χ2v) is 2.57. The molecule has 1 N–H and O–H groups in total. The smallest absolute Gasteiger partial charge is 0.313 e. The fourth-order valence-electron chi connectivity index (χ4n) is 0.874. The van der Waals surface area contributed by atoms with E-state index in [1.165, 1.54) is 4.90 Å². The van der Waals surface area contributed by atoms with E-state index in [0.29, 0.717) is 0 Å². The number of rotatable bonds is 1. The largest absolute Gasteiger partial charge is 0.324 e. The molecule has 0 aliphatic carbocycles. The van der Waals surface area contributed by atoms with Gasteiger partial charge in [-0.05, 0) is 13.8 Å². The zero-order valence-electron chi connectivity index (χ0n) is 6.05. The van der Waals surface area contributed by atoms with Crippen LogP contribution in [-0.2, 0) is 4.79 Å². The molecule has 0 atom stereocenters. The molecule has 10 heavy (non-hydrogen) atoms. The van der Waals surface area contributed by atoms with Crippen LogP contribution in [0, 0.1) is 0 Å². The van der Waals surface area contributed by atoms with Gasteiger partial charge in [-0.25, -0.2) is 4.79 Å². The van der Waals surface area contributed by atoms with Crippen LogP contribution in [0.1, 0.15) is 13.8 Å². The van der Waals surface area contributed by atoms with Crippen LogP contribution in [0.4, 0.5) is 4.79 Å². The fraction of sp³-hybridized carbons (Fsp3) is 0.667. The summed E-state index contributed by atoms with van der Waals surface area (Å²) < 4.78 is 0. The third-order valence-electron chi connectivity index (χ3n) is 1.44. The van der Waals surface area contributed by atoms with Crippen LogP contribution in [0.15, 0.2) is 0 Å². The van der Waals surface area contributed by atoms with Crippen molar-refractivity contribution in [3.63, 3.8) is 0 Å². The van der Waals surface area contributed by atoms with E-state index < -0.39 is 0 Å². The molecule has 1 fully saturated rings. The Kier molecular flexibility index (Phi) is 1.61. The molecule has 0 unspecified atom stereocenters. The van der Waals surface area contributed by atoms with Crippen molar-refractivity contribution in [1.82, 2.24) is 10.2 Å². The van der Waals surface area contributed by atoms with Crippen molar-refractivity contribution < 1.29 is 9.59 Å². The first-order chi connectivity index (χ1) is 4.61. The van der Waals surface area contributed by atoms with Crippen LogP contribution in [-0.4, -0.2) is 29.4 Å². The molecule has 0 saturated carbocycles. The summed E-state index contributed by atoms with van der Waals surface area (Å²) in [7, 11) is 0. The molecule has 3 amide bonds. The van der Waals surface area contributed by atoms with Crippen LogP contribution < -0.4 is 5.32 Å². The molecule has 1 heterocycles. The van der Waals surface area contributed by atoms with Gasteiger partial charge in [-0.15, -0.1) is 0 Å². The molecule has 1 aliphatic heterocycles. The van der Waals surface area contributed by atoms with Gasteiger partial charge >= 0.3 is 6.03 Å². The zero-order valence-corrected chi connectivity index (χ0v) is 6.05. The van der Waals surface area contributed by atoms with Crippen molar-refractivity contribution in [3.8, 4) is 0 Å². The Morgan fingerprint density at radius 1 is 1.50 bits per heavy atom. The van der Waals surface area contributed by atoms with Gasteiger partial charge in [0.05, 0.1) is 0 Å². The maximum atomic E-state index is 10.8. The summed E-state index contributed by atoms with van der Waals surface area (Å²) >= 11 is 0. The lowest BCUT2D eigenvalue weighted by Gasteiger charge is -2.16. The third-order valence-corrected chi connectivity index (χ3v) is 1.44. The van der Waals surface area contributed by atoms with Gasteiger partial charge in [-0.1, -0.05) is 0 Å². The average Bonchev–Trinajstić information content (AvgIpc) is 2.10. The predicted molar refractivity (Wildman–Crippen MR) is 35.4 cm³/mol. The van der Waals surface area contributed by atoms with Crippen LogP contribution in [0.25, 0.3) is 0 Å². The highest BCUT2D eigenvalue weighted by molar-refractivity contribution is 6.01. The van der Waals surface area contributed by atoms with Crippen LogP contribution in [0.2, 0.25) is 0 Å². The van der Waals surface area contributed by atoms with Crippen LogP contribution >= 0.6 is 0 Å². The maximum absolute atomic E-state index is 10.8. The first kappa shape index (κ1) is 7.05. The lowest BCUT2D eigenvalue weighted by molar-refractivity contribution is -0.118. The van der Waals surface area contributed by atoms with Gasteiger partial charge in [-0.3, -0.25) is 10.1 Å². The molecule has 0 aromatic heterocycles. The van der Waals surface area contributed by atoms with E-state index in [1.807, 2.05) is 13.8 Å². The molecular formula is C6H10N2O2. The highest BCUT2D eigenvalue weighted by Gasteiger charge is 2.27. The van der Waals surface area contributed by atoms with Crippen molar-refractivity contribution in [2.45, 2.75) is 19.9 Å². The van der Waals surface area contributed by atoms with E-state index in [-0.39, 0.29) is 24.5 Å². The standard InChI is InChI=1S/C6H10N2O2/c1-4(2)8-3-5(9)7-6(8)10/h4H,3H2,1-2H3,(H,7,9,10). The van der Waals surface area contributed by atoms with Crippen molar-refractivity contribution in [3.05, 3.63) is 0 Å². The number of carbonyl (C=O) groups is 2. The van der Waals surface area contributed by atoms with Crippen molar-refractivity contribution in [1.29, 1.82) is 0 Å². The second kappa shape index (κ2) is 2.28. The third kappa shape index (κ3) is 1.10. The van der Waals surface area contributed by atoms with E-state index in [9.17, 15) is 9.59 Å². The molecule has 4 heteroatoms. The Bertz CT molecular complexity index is 177. The van der Waals surface area contributed by atoms with Gasteiger partial charge in [-0.2, -0.15) is 0 Å². The minimum atomic E-state index is -0.278. The molecule has 0 aromatic rings. The lowest BCUT2D eigenvalue weighted by Crippen LogP contribution is -2.33. The minimum absolute atomic E-state index is 0.103. The summed E-state index contributed by atoms with van der Waals surface area (Å²) in [6, 6.07) is -0.175. The Morgan fingerprint density at radius 3 is 2.30 bits per heavy atom. The molecule has 0 bridgehead atoms. The monoisotopic (exact) mass is 142 g/mol. The summed E-state index contributed by atoms with van der Waals surface area (Å²) in [6.45, 7) is 3.95. The van der Waals surface area contributed by atoms with E-state index in [4.69, 9.17) is 0 Å². The molecule has 1 saturated heterocycles. The molecule has 0 spiro atoms. The first-order valence-corrected chi connectivity index (χ1v) is 3.21. The summed E-state index contributed by atoms with van der Waals surface area (Å²) in [5.41, 5.74) is 0. The maximum Gasteiger partial charge on any atom is 0.324 e. The predicted octanol–water partition coefficient (Wildman–Crippen LogP) is -0.0534. The Hall–Kier alpha value is -1.06. The van der Waals surface area contributed by atoms with E-state index >= 15 is 0 Å². The molecule has 4 nitrogen and oxygen atoms in total. The molecule has 0 aromatic carbocycles. The summed E-state index contributed by atoms with van der Waals surface area (Å²) in [5.74, 6) is -0.210. The number of nitrogens with zero attached hydrogens (tertiary/aromatic N) is 1. The highest BCUT2D eigenvalue weighted by atomic mass is 16.2. The SMILES string of the molecule is CC(C)N1CC(=O)NC1=O. The molecule has 1 aliphatic rings. The van der Waals surface area contributed by atoms with Gasteiger partial charge in [0.2, 0.25) is 5.91 Å². The highest BCUT2D eigenvalue weighted by Crippen LogP contribution is 2.02. The van der Waals surface area contributed by atoms with E-state index in [0.717, 1.165) is 0 Å². The number of hydrogen-bond donors (Lipinski definition) is 1. The number of imide groups is 1. The summed E-state index contributed by atoms with van der Waals surface area (Å²) in [6.07, 6.45) is 0. The molecule has 1 rings (SSSR count). The zero-order chi connectivity index (χ0) is 7.72. The Morgan fingerprint density at radius 2 is 2.10 bits per heavy atom. The van der Waals surface area contributed by atoms with Crippen molar-refractivity contribution >= 4 is 11.9 Å². The molecule has 0 radical (unpaired) electrons. The van der Waals surface area contributed by atoms with Gasteiger partial charge in [0.25, 0.3) is 0 Å². The van der Waals surface area contributed by atoms with Gasteiger partial charge < -0.3 is 4.90 Å². The molecule has 56 valence electrons. The van der Waals surface area contributed by atoms with E-state index in [2.05, 4.69) is 5.32 Å². The number of amides is 3. The van der Waals surface area contributed by atoms with Crippen LogP contribution in [0.5, 0.6) is 0 Å². The average molecular weight is 142 g/mol. The number of carbonyl (C=O) groups excluding carboxylic acids is 2. The number of urea groups is 1. The fourth-order valence-corrected chi connectivity index (χ4v) is 0.874. The summed E-state index contributed by atoms with van der Waals surface area (Å²) in [5, 5.41) is 2.20. The van der Waals surface area contributed by atoms with Gasteiger partial charge in [0, 0.05) is 6.04 Å². The quantitative estimate of drug-likeness (QED) is 0.522.